The molecule has 0 saturated heterocycles. The largest absolute Gasteiger partial charge is 0.465 e. The summed E-state index contributed by atoms with van der Waals surface area (Å²) < 4.78 is 46.7. The van der Waals surface area contributed by atoms with Crippen LogP contribution < -0.4 is 19.0 Å². The molecule has 4 aromatic rings. The maximum Gasteiger partial charge on any atom is 0.326 e. The highest BCUT2D eigenvalue weighted by Gasteiger charge is 2.21. The van der Waals surface area contributed by atoms with Gasteiger partial charge in [-0.2, -0.15) is 4.99 Å². The maximum atomic E-state index is 13.4. The molecule has 5 rings (SSSR count). The Morgan fingerprint density at radius 2 is 1.79 bits per heavy atom. The lowest BCUT2D eigenvalue weighted by atomic mass is 10.2. The van der Waals surface area contributed by atoms with Crippen molar-refractivity contribution < 1.29 is 32.2 Å². The number of hydrogen-bond acceptors (Lipinski definition) is 8. The molecule has 0 fully saturated rings. The number of fused-ring (bicyclic) bond motifs is 2. The van der Waals surface area contributed by atoms with Gasteiger partial charge in [-0.15, -0.1) is 0 Å². The number of nitrogens with one attached hydrogen (secondary N) is 1. The van der Waals surface area contributed by atoms with Crippen LogP contribution in [0.2, 0.25) is 0 Å². The van der Waals surface area contributed by atoms with Crippen LogP contribution in [0.25, 0.3) is 10.2 Å². The molecular weight excluding hydrogens is 530 g/mol. The molecule has 12 heteroatoms. The number of carbonyl (C=O) groups is 2. The zero-order chi connectivity index (χ0) is 26.9. The van der Waals surface area contributed by atoms with Gasteiger partial charge in [-0.3, -0.25) is 14.3 Å². The Kier molecular flexibility index (Phi) is 6.91. The van der Waals surface area contributed by atoms with E-state index in [2.05, 4.69) is 9.71 Å². The first-order valence-corrected chi connectivity index (χ1v) is 13.9. The number of thiazole rings is 1. The van der Waals surface area contributed by atoms with Crippen LogP contribution in [0, 0.1) is 6.92 Å². The van der Waals surface area contributed by atoms with Crippen molar-refractivity contribution in [2.24, 2.45) is 4.99 Å². The van der Waals surface area contributed by atoms with Gasteiger partial charge in [0, 0.05) is 12.1 Å². The van der Waals surface area contributed by atoms with Crippen molar-refractivity contribution in [3.63, 3.8) is 0 Å². The number of nitrogens with zero attached hydrogens (tertiary/aromatic N) is 2. The molecule has 2 heterocycles. The van der Waals surface area contributed by atoms with Crippen molar-refractivity contribution in [1.82, 2.24) is 4.57 Å². The van der Waals surface area contributed by atoms with Gasteiger partial charge in [0.2, 0.25) is 6.79 Å². The van der Waals surface area contributed by atoms with E-state index in [0.29, 0.717) is 17.0 Å². The van der Waals surface area contributed by atoms with Gasteiger partial charge in [0.25, 0.3) is 15.9 Å². The predicted octanol–water partition coefficient (Wildman–Crippen LogP) is 3.84. The predicted molar refractivity (Wildman–Crippen MR) is 141 cm³/mol. The zero-order valence-electron chi connectivity index (χ0n) is 20.5. The fourth-order valence-corrected chi connectivity index (χ4v) is 5.98. The maximum absolute atomic E-state index is 13.4. The Labute approximate surface area is 222 Å². The first kappa shape index (κ1) is 25.5. The molecule has 3 aromatic carbocycles. The number of para-hydroxylation sites is 1. The second-order valence-electron chi connectivity index (χ2n) is 8.33. The minimum absolute atomic E-state index is 0.0532. The number of aryl methyl sites for hydroxylation is 1. The molecule has 1 amide bonds. The molecule has 0 saturated carbocycles. The van der Waals surface area contributed by atoms with Gasteiger partial charge in [0.1, 0.15) is 6.54 Å². The number of ether oxygens (including phenoxy) is 3. The number of esters is 1. The van der Waals surface area contributed by atoms with E-state index in [-0.39, 0.29) is 40.9 Å². The van der Waals surface area contributed by atoms with Crippen LogP contribution in [0.15, 0.2) is 70.6 Å². The monoisotopic (exact) mass is 553 g/mol. The van der Waals surface area contributed by atoms with E-state index in [9.17, 15) is 18.0 Å². The Bertz CT molecular complexity index is 1720. The van der Waals surface area contributed by atoms with Gasteiger partial charge in [-0.05, 0) is 38.1 Å². The minimum atomic E-state index is -3.95. The van der Waals surface area contributed by atoms with Gasteiger partial charge >= 0.3 is 5.97 Å². The molecule has 196 valence electrons. The SMILES string of the molecule is CCOC(=O)Cn1c(=NC(=O)c2ccccc2NS(=O)(=O)c2ccc(C)cc2)sc2cc3c(cc21)OCO3. The van der Waals surface area contributed by atoms with Crippen LogP contribution in [0.3, 0.4) is 0 Å². The number of hydrogen-bond donors (Lipinski definition) is 1. The number of benzene rings is 3. The lowest BCUT2D eigenvalue weighted by molar-refractivity contribution is -0.143. The molecule has 0 aliphatic carbocycles. The summed E-state index contributed by atoms with van der Waals surface area (Å²) >= 11 is 1.18. The fraction of sp³-hybridized carbons (Fsp3) is 0.192. The highest BCUT2D eigenvalue weighted by molar-refractivity contribution is 7.92. The van der Waals surface area contributed by atoms with E-state index in [4.69, 9.17) is 14.2 Å². The van der Waals surface area contributed by atoms with Crippen molar-refractivity contribution in [3.8, 4) is 11.5 Å². The second kappa shape index (κ2) is 10.3. The van der Waals surface area contributed by atoms with E-state index < -0.39 is 21.9 Å². The van der Waals surface area contributed by atoms with Crippen LogP contribution in [0.5, 0.6) is 11.5 Å². The van der Waals surface area contributed by atoms with Crippen LogP contribution in [0.1, 0.15) is 22.8 Å². The second-order valence-corrected chi connectivity index (χ2v) is 11.0. The van der Waals surface area contributed by atoms with Gasteiger partial charge in [-0.25, -0.2) is 8.42 Å². The highest BCUT2D eigenvalue weighted by Crippen LogP contribution is 2.37. The zero-order valence-corrected chi connectivity index (χ0v) is 22.1. The van der Waals surface area contributed by atoms with Gasteiger partial charge in [0.05, 0.1) is 33.0 Å². The Hall–Kier alpha value is -4.16. The smallest absolute Gasteiger partial charge is 0.326 e. The lowest BCUT2D eigenvalue weighted by Crippen LogP contribution is -2.23. The molecule has 0 atom stereocenters. The van der Waals surface area contributed by atoms with Crippen LogP contribution in [-0.2, 0) is 26.1 Å². The molecule has 0 radical (unpaired) electrons. The van der Waals surface area contributed by atoms with Crippen molar-refractivity contribution in [2.45, 2.75) is 25.3 Å². The molecule has 1 aromatic heterocycles. The van der Waals surface area contributed by atoms with E-state index >= 15 is 0 Å². The topological polar surface area (TPSA) is 125 Å². The number of carbonyl (C=O) groups excluding carboxylic acids is 2. The molecule has 1 N–H and O–H groups in total. The molecule has 1 aliphatic rings. The third-order valence-electron chi connectivity index (χ3n) is 5.70. The summed E-state index contributed by atoms with van der Waals surface area (Å²) in [6.45, 7) is 3.68. The lowest BCUT2D eigenvalue weighted by Gasteiger charge is -2.11. The average molecular weight is 554 g/mol. The number of anilines is 1. The summed E-state index contributed by atoms with van der Waals surface area (Å²) in [5.74, 6) is -0.112. The van der Waals surface area contributed by atoms with Gasteiger partial charge in [-0.1, -0.05) is 41.2 Å². The normalized spacial score (nSPS) is 13.1. The molecule has 38 heavy (non-hydrogen) atoms. The summed E-state index contributed by atoms with van der Waals surface area (Å²) in [7, 11) is -3.95. The first-order valence-electron chi connectivity index (χ1n) is 11.6. The fourth-order valence-electron chi connectivity index (χ4n) is 3.86. The van der Waals surface area contributed by atoms with Gasteiger partial charge < -0.3 is 18.8 Å². The Morgan fingerprint density at radius 3 is 2.53 bits per heavy atom. The molecule has 1 aliphatic heterocycles. The molecule has 0 bridgehead atoms. The Balaban J connectivity index is 1.55. The summed E-state index contributed by atoms with van der Waals surface area (Å²) in [5, 5.41) is 0. The number of rotatable bonds is 7. The molecule has 10 nitrogen and oxygen atoms in total. The minimum Gasteiger partial charge on any atom is -0.465 e. The quantitative estimate of drug-likeness (QED) is 0.345. The summed E-state index contributed by atoms with van der Waals surface area (Å²) in [6.07, 6.45) is 0. The molecule has 0 unspecified atom stereocenters. The molecule has 0 spiro atoms. The highest BCUT2D eigenvalue weighted by atomic mass is 32.2. The third kappa shape index (κ3) is 5.13. The van der Waals surface area contributed by atoms with Crippen LogP contribution >= 0.6 is 11.3 Å². The van der Waals surface area contributed by atoms with Crippen molar-refractivity contribution >= 4 is 49.1 Å². The molecular formula is C26H23N3O7S2. The summed E-state index contributed by atoms with van der Waals surface area (Å²) in [5.41, 5.74) is 1.67. The summed E-state index contributed by atoms with van der Waals surface area (Å²) in [6, 6.07) is 16.1. The first-order chi connectivity index (χ1) is 18.2. The summed E-state index contributed by atoms with van der Waals surface area (Å²) in [4.78, 5) is 30.3. The van der Waals surface area contributed by atoms with Crippen molar-refractivity contribution in [3.05, 3.63) is 76.6 Å². The Morgan fingerprint density at radius 1 is 1.08 bits per heavy atom. The van der Waals surface area contributed by atoms with E-state index in [1.807, 2.05) is 6.92 Å². The van der Waals surface area contributed by atoms with Crippen LogP contribution in [-0.4, -0.2) is 38.3 Å². The number of amides is 1. The van der Waals surface area contributed by atoms with E-state index in [1.165, 1.54) is 35.6 Å². The average Bonchev–Trinajstić information content (AvgIpc) is 3.47. The third-order valence-corrected chi connectivity index (χ3v) is 8.12. The standard InChI is InChI=1S/C26H23N3O7S2/c1-3-34-24(30)14-29-20-12-21-22(36-15-35-21)13-23(20)37-26(29)27-25(31)18-6-4-5-7-19(18)28-38(32,33)17-10-8-16(2)9-11-17/h4-13,28H,3,14-15H2,1-2H3. The van der Waals surface area contributed by atoms with E-state index in [1.54, 1.807) is 47.9 Å². The number of sulfonamides is 1. The van der Waals surface area contributed by atoms with Gasteiger partial charge in [0.15, 0.2) is 16.3 Å². The van der Waals surface area contributed by atoms with Crippen LogP contribution in [0.4, 0.5) is 5.69 Å². The van der Waals surface area contributed by atoms with Crippen molar-refractivity contribution in [2.75, 3.05) is 18.1 Å². The number of aromatic nitrogens is 1. The van der Waals surface area contributed by atoms with E-state index in [0.717, 1.165) is 10.3 Å². The van der Waals surface area contributed by atoms with Crippen molar-refractivity contribution in [1.29, 1.82) is 0 Å².